The SMILES string of the molecule is COC(=O)N[C@H](C(=O)Nc1cnccc1CC[C@@H](CO)N(Cc1cncnc1C)S(=O)(=O)c1ccc2ncsc2c1)C(C1=CCCC=C1)c1ccccc1. The van der Waals surface area contributed by atoms with E-state index in [1.807, 2.05) is 42.5 Å². The van der Waals surface area contributed by atoms with Gasteiger partial charge in [0.15, 0.2) is 0 Å². The number of methoxy groups -OCH3 is 1. The number of benzene rings is 2. The van der Waals surface area contributed by atoms with Crippen LogP contribution in [0.2, 0.25) is 0 Å². The Morgan fingerprint density at radius 1 is 1.04 bits per heavy atom. The summed E-state index contributed by atoms with van der Waals surface area (Å²) < 4.78 is 35.7. The van der Waals surface area contributed by atoms with Crippen LogP contribution in [0.15, 0.2) is 114 Å². The molecule has 15 heteroatoms. The average molecular weight is 768 g/mol. The zero-order valence-corrected chi connectivity index (χ0v) is 31.5. The van der Waals surface area contributed by atoms with Crippen molar-refractivity contribution >= 4 is 49.3 Å². The summed E-state index contributed by atoms with van der Waals surface area (Å²) in [6, 6.07) is 14.0. The average Bonchev–Trinajstić information content (AvgIpc) is 3.68. The predicted octanol–water partition coefficient (Wildman–Crippen LogP) is 5.70. The van der Waals surface area contributed by atoms with Gasteiger partial charge in [-0.1, -0.05) is 48.6 Å². The molecule has 1 aliphatic rings. The van der Waals surface area contributed by atoms with Gasteiger partial charge in [0.1, 0.15) is 12.4 Å². The molecule has 0 bridgehead atoms. The van der Waals surface area contributed by atoms with Crippen molar-refractivity contribution in [1.29, 1.82) is 0 Å². The molecule has 1 unspecified atom stereocenters. The van der Waals surface area contributed by atoms with Gasteiger partial charge in [0.2, 0.25) is 15.9 Å². The smallest absolute Gasteiger partial charge is 0.407 e. The molecule has 5 aromatic rings. The minimum atomic E-state index is -4.15. The van der Waals surface area contributed by atoms with Crippen molar-refractivity contribution in [3.63, 3.8) is 0 Å². The molecular formula is C39H41N7O6S2. The number of aryl methyl sites for hydroxylation is 2. The highest BCUT2D eigenvalue weighted by molar-refractivity contribution is 7.89. The number of aliphatic hydroxyl groups excluding tert-OH is 1. The molecule has 3 heterocycles. The van der Waals surface area contributed by atoms with Crippen LogP contribution in [0.1, 0.15) is 47.6 Å². The van der Waals surface area contributed by atoms with E-state index in [1.54, 1.807) is 43.0 Å². The monoisotopic (exact) mass is 767 g/mol. The van der Waals surface area contributed by atoms with Crippen molar-refractivity contribution in [3.05, 3.63) is 131 Å². The number of ether oxygens (including phenoxy) is 1. The van der Waals surface area contributed by atoms with Gasteiger partial charge in [0, 0.05) is 42.2 Å². The Labute approximate surface area is 317 Å². The number of nitrogens with one attached hydrogen (secondary N) is 2. The van der Waals surface area contributed by atoms with Crippen LogP contribution in [0.5, 0.6) is 0 Å². The van der Waals surface area contributed by atoms with Gasteiger partial charge in [-0.15, -0.1) is 11.3 Å². The number of pyridine rings is 1. The van der Waals surface area contributed by atoms with Crippen LogP contribution < -0.4 is 10.6 Å². The number of aliphatic hydroxyl groups is 1. The Balaban J connectivity index is 1.29. The zero-order chi connectivity index (χ0) is 38.1. The second-order valence-electron chi connectivity index (χ2n) is 12.7. The number of sulfonamides is 1. The summed E-state index contributed by atoms with van der Waals surface area (Å²) in [6.07, 6.45) is 13.5. The lowest BCUT2D eigenvalue weighted by atomic mass is 9.82. The first kappa shape index (κ1) is 38.4. The molecule has 2 amide bonds. The largest absolute Gasteiger partial charge is 0.453 e. The minimum Gasteiger partial charge on any atom is -0.453 e. The minimum absolute atomic E-state index is 0.0732. The highest BCUT2D eigenvalue weighted by Gasteiger charge is 2.35. The lowest BCUT2D eigenvalue weighted by Crippen LogP contribution is -2.48. The van der Waals surface area contributed by atoms with E-state index < -0.39 is 46.6 Å². The molecular weight excluding hydrogens is 727 g/mol. The van der Waals surface area contributed by atoms with Crippen LogP contribution >= 0.6 is 11.3 Å². The van der Waals surface area contributed by atoms with E-state index in [2.05, 4.69) is 36.6 Å². The summed E-state index contributed by atoms with van der Waals surface area (Å²) in [4.78, 5) is 43.9. The number of rotatable bonds is 15. The van der Waals surface area contributed by atoms with Crippen LogP contribution in [0.25, 0.3) is 10.2 Å². The van der Waals surface area contributed by atoms with E-state index in [1.165, 1.54) is 41.3 Å². The van der Waals surface area contributed by atoms with E-state index in [-0.39, 0.29) is 24.3 Å². The fourth-order valence-electron chi connectivity index (χ4n) is 6.49. The Morgan fingerprint density at radius 3 is 2.61 bits per heavy atom. The fraction of sp³-hybridized carbons (Fsp3) is 0.282. The maximum Gasteiger partial charge on any atom is 0.407 e. The van der Waals surface area contributed by atoms with E-state index in [9.17, 15) is 23.1 Å². The standard InChI is InChI=1S/C39H41N7O6S2/c1-26-30(20-41-24-42-26)22-46(54(50,51)32-15-16-33-35(19-32)53-25-43-33)31(23-47)14-13-27-17-18-40-21-34(27)44-38(48)37(45-39(49)52-2)36(28-9-5-3-6-10-28)29-11-7-4-8-12-29/h3,5-7,9-12,15-21,24-25,31,36-37,47H,4,8,13-14,22-23H2,1-2H3,(H,44,48)(H,45,49)/t31-,36?,37-/m0/s1. The molecule has 280 valence electrons. The van der Waals surface area contributed by atoms with Crippen LogP contribution in [-0.2, 0) is 32.5 Å². The van der Waals surface area contributed by atoms with Crippen LogP contribution in [0.3, 0.4) is 0 Å². The molecule has 0 saturated heterocycles. The predicted molar refractivity (Wildman–Crippen MR) is 206 cm³/mol. The first-order valence-corrected chi connectivity index (χ1v) is 19.7. The third-order valence-electron chi connectivity index (χ3n) is 9.40. The van der Waals surface area contributed by atoms with E-state index in [0.717, 1.165) is 28.7 Å². The second-order valence-corrected chi connectivity index (χ2v) is 15.5. The molecule has 13 nitrogen and oxygen atoms in total. The van der Waals surface area contributed by atoms with Gasteiger partial charge in [-0.25, -0.2) is 28.2 Å². The number of nitrogens with zero attached hydrogens (tertiary/aromatic N) is 5. The van der Waals surface area contributed by atoms with Crippen molar-refractivity contribution in [2.24, 2.45) is 0 Å². The number of carbonyl (C=O) groups excluding carboxylic acids is 2. The Bertz CT molecular complexity index is 2260. The number of fused-ring (bicyclic) bond motifs is 1. The molecule has 0 aliphatic heterocycles. The Hall–Kier alpha value is -5.35. The topological polar surface area (TPSA) is 177 Å². The van der Waals surface area contributed by atoms with Gasteiger partial charge in [0.05, 0.1) is 46.2 Å². The molecule has 0 radical (unpaired) electrons. The molecule has 0 fully saturated rings. The van der Waals surface area contributed by atoms with Gasteiger partial charge in [-0.3, -0.25) is 9.78 Å². The number of alkyl carbamates (subject to hydrolysis) is 1. The van der Waals surface area contributed by atoms with Crippen molar-refractivity contribution in [2.45, 2.75) is 62.0 Å². The molecule has 54 heavy (non-hydrogen) atoms. The summed E-state index contributed by atoms with van der Waals surface area (Å²) in [6.45, 7) is 1.22. The van der Waals surface area contributed by atoms with Gasteiger partial charge in [-0.2, -0.15) is 4.31 Å². The van der Waals surface area contributed by atoms with Gasteiger partial charge in [0.25, 0.3) is 0 Å². The van der Waals surface area contributed by atoms with E-state index in [0.29, 0.717) is 28.0 Å². The van der Waals surface area contributed by atoms with E-state index >= 15 is 0 Å². The first-order valence-electron chi connectivity index (χ1n) is 17.4. The number of aromatic nitrogens is 4. The summed E-state index contributed by atoms with van der Waals surface area (Å²) in [7, 11) is -2.91. The number of thiazole rings is 1. The third kappa shape index (κ3) is 8.88. The maximum absolute atomic E-state index is 14.4. The highest BCUT2D eigenvalue weighted by Crippen LogP contribution is 2.33. The van der Waals surface area contributed by atoms with Crippen molar-refractivity contribution < 1.29 is 27.9 Å². The Kier molecular flexibility index (Phi) is 12.5. The number of amides is 2. The first-order chi connectivity index (χ1) is 26.2. The molecule has 0 saturated carbocycles. The van der Waals surface area contributed by atoms with Crippen LogP contribution in [0.4, 0.5) is 10.5 Å². The lowest BCUT2D eigenvalue weighted by Gasteiger charge is -2.31. The summed E-state index contributed by atoms with van der Waals surface area (Å²) in [5.74, 6) is -1.03. The molecule has 6 rings (SSSR count). The summed E-state index contributed by atoms with van der Waals surface area (Å²) in [5.41, 5.74) is 6.31. The normalized spacial score (nSPS) is 14.6. The lowest BCUT2D eigenvalue weighted by molar-refractivity contribution is -0.118. The highest BCUT2D eigenvalue weighted by atomic mass is 32.2. The Morgan fingerprint density at radius 2 is 1.87 bits per heavy atom. The molecule has 2 aromatic carbocycles. The number of carbonyl (C=O) groups is 2. The number of allylic oxidation sites excluding steroid dienone is 3. The van der Waals surface area contributed by atoms with Crippen molar-refractivity contribution in [2.75, 3.05) is 19.0 Å². The zero-order valence-electron chi connectivity index (χ0n) is 29.8. The van der Waals surface area contributed by atoms with Crippen molar-refractivity contribution in [3.8, 4) is 0 Å². The molecule has 3 atom stereocenters. The van der Waals surface area contributed by atoms with Gasteiger partial charge >= 0.3 is 6.09 Å². The number of anilines is 1. The molecule has 3 aromatic heterocycles. The quantitative estimate of drug-likeness (QED) is 0.120. The molecule has 3 N–H and O–H groups in total. The van der Waals surface area contributed by atoms with E-state index in [4.69, 9.17) is 4.74 Å². The molecule has 1 aliphatic carbocycles. The number of hydrogen-bond donors (Lipinski definition) is 3. The van der Waals surface area contributed by atoms with Crippen molar-refractivity contribution in [1.82, 2.24) is 29.6 Å². The van der Waals surface area contributed by atoms with Gasteiger partial charge in [-0.05, 0) is 73.6 Å². The second kappa shape index (κ2) is 17.6. The summed E-state index contributed by atoms with van der Waals surface area (Å²) >= 11 is 1.34. The third-order valence-corrected chi connectivity index (χ3v) is 12.1. The van der Waals surface area contributed by atoms with Gasteiger partial charge < -0.3 is 20.5 Å². The van der Waals surface area contributed by atoms with Crippen LogP contribution in [-0.4, -0.2) is 75.6 Å². The number of hydrogen-bond acceptors (Lipinski definition) is 11. The fourth-order valence-corrected chi connectivity index (χ4v) is 8.93. The van der Waals surface area contributed by atoms with Crippen LogP contribution in [0, 0.1) is 6.92 Å². The maximum atomic E-state index is 14.4. The molecule has 0 spiro atoms. The summed E-state index contributed by atoms with van der Waals surface area (Å²) in [5, 5.41) is 16.5.